The summed E-state index contributed by atoms with van der Waals surface area (Å²) >= 11 is 0. The second-order valence-electron chi connectivity index (χ2n) is 4.06. The van der Waals surface area contributed by atoms with E-state index in [4.69, 9.17) is 0 Å². The van der Waals surface area contributed by atoms with Crippen molar-refractivity contribution in [3.8, 4) is 0 Å². The van der Waals surface area contributed by atoms with Crippen LogP contribution in [0.2, 0.25) is 19.6 Å². The molecule has 0 saturated heterocycles. The second kappa shape index (κ2) is 3.79. The van der Waals surface area contributed by atoms with E-state index in [1.165, 1.54) is 4.67 Å². The Morgan fingerprint density at radius 1 is 1.21 bits per heavy atom. The van der Waals surface area contributed by atoms with Gasteiger partial charge in [-0.1, -0.05) is 18.2 Å². The molecule has 0 saturated carbocycles. The first-order valence-electron chi connectivity index (χ1n) is 4.42. The summed E-state index contributed by atoms with van der Waals surface area (Å²) in [6, 6.07) is 9.01. The maximum absolute atomic E-state index is 10.9. The normalized spacial score (nSPS) is 11.1. The van der Waals surface area contributed by atoms with Gasteiger partial charge in [0, 0.05) is 0 Å². The highest BCUT2D eigenvalue weighted by atomic mass is 28.3. The van der Waals surface area contributed by atoms with Crippen molar-refractivity contribution in [1.29, 1.82) is 0 Å². The highest BCUT2D eigenvalue weighted by Crippen LogP contribution is 2.20. The van der Waals surface area contributed by atoms with Crippen LogP contribution >= 0.6 is 0 Å². The first kappa shape index (κ1) is 10.7. The van der Waals surface area contributed by atoms with Crippen LogP contribution in [0.4, 0.5) is 5.69 Å². The highest BCUT2D eigenvalue weighted by molar-refractivity contribution is 6.79. The molecule has 0 fully saturated rings. The molecule has 0 radical (unpaired) electrons. The third-order valence-electron chi connectivity index (χ3n) is 1.80. The molecule has 0 N–H and O–H groups in total. The fraction of sp³-hybridized carbons (Fsp3) is 0.333. The van der Waals surface area contributed by atoms with Crippen LogP contribution in [-0.4, -0.2) is 13.3 Å². The van der Waals surface area contributed by atoms with E-state index in [0.29, 0.717) is 5.69 Å². The van der Waals surface area contributed by atoms with Crippen LogP contribution in [0.25, 0.3) is 0 Å². The van der Waals surface area contributed by atoms with Crippen molar-refractivity contribution in [3.05, 3.63) is 40.4 Å². The van der Waals surface area contributed by atoms with E-state index in [-0.39, 0.29) is 5.03 Å². The number of nitro groups is 1. The quantitative estimate of drug-likeness (QED) is 0.437. The van der Waals surface area contributed by atoms with E-state index in [9.17, 15) is 10.1 Å². The van der Waals surface area contributed by atoms with Crippen LogP contribution in [-0.2, 0) is 0 Å². The molecule has 76 valence electrons. The van der Waals surface area contributed by atoms with Crippen LogP contribution in [0, 0.1) is 10.1 Å². The van der Waals surface area contributed by atoms with Gasteiger partial charge in [0.15, 0.2) is 5.03 Å². The molecule has 1 aromatic rings. The predicted molar refractivity (Wildman–Crippen MR) is 59.3 cm³/mol. The minimum Gasteiger partial charge on any atom is -0.235 e. The molecule has 5 heteroatoms. The lowest BCUT2D eigenvalue weighted by Crippen LogP contribution is -2.49. The summed E-state index contributed by atoms with van der Waals surface area (Å²) in [6.07, 6.45) is 0. The summed E-state index contributed by atoms with van der Waals surface area (Å²) in [5.74, 6) is 0. The fourth-order valence-corrected chi connectivity index (χ4v) is 2.71. The molecule has 1 aromatic carbocycles. The monoisotopic (exact) mass is 210 g/mol. The van der Waals surface area contributed by atoms with Crippen LogP contribution in [0.1, 0.15) is 0 Å². The lowest BCUT2D eigenvalue weighted by atomic mass is 10.3. The summed E-state index contributed by atoms with van der Waals surface area (Å²) in [5, 5.41) is 10.6. The van der Waals surface area contributed by atoms with Crippen molar-refractivity contribution in [2.24, 2.45) is 0 Å². The standard InChI is InChI=1S/C9H14N2O2Si/c1-14(2,3)10(11(12)13)9-7-5-4-6-8-9/h4-8H,1-3H3. The zero-order chi connectivity index (χ0) is 10.8. The van der Waals surface area contributed by atoms with Crippen molar-refractivity contribution >= 4 is 13.9 Å². The number of para-hydroxylation sites is 1. The van der Waals surface area contributed by atoms with Gasteiger partial charge in [-0.3, -0.25) is 0 Å². The lowest BCUT2D eigenvalue weighted by molar-refractivity contribution is -0.478. The summed E-state index contributed by atoms with van der Waals surface area (Å²) in [7, 11) is -1.96. The van der Waals surface area contributed by atoms with Gasteiger partial charge in [-0.15, -0.1) is 4.67 Å². The average Bonchev–Trinajstić information content (AvgIpc) is 2.02. The average molecular weight is 210 g/mol. The summed E-state index contributed by atoms with van der Waals surface area (Å²) < 4.78 is 1.30. The van der Waals surface area contributed by atoms with Crippen LogP contribution in [0.5, 0.6) is 0 Å². The van der Waals surface area contributed by atoms with E-state index >= 15 is 0 Å². The zero-order valence-corrected chi connectivity index (χ0v) is 9.60. The number of anilines is 1. The Balaban J connectivity index is 3.08. The molecule has 0 bridgehead atoms. The van der Waals surface area contributed by atoms with Crippen molar-refractivity contribution in [1.82, 2.24) is 0 Å². The maximum atomic E-state index is 10.9. The third kappa shape index (κ3) is 2.32. The van der Waals surface area contributed by atoms with Gasteiger partial charge in [-0.25, -0.2) is 10.1 Å². The van der Waals surface area contributed by atoms with E-state index in [0.717, 1.165) is 0 Å². The van der Waals surface area contributed by atoms with Gasteiger partial charge in [-0.05, 0) is 31.8 Å². The largest absolute Gasteiger partial charge is 0.235 e. The molecule has 0 aromatic heterocycles. The van der Waals surface area contributed by atoms with Gasteiger partial charge in [0.25, 0.3) is 0 Å². The summed E-state index contributed by atoms with van der Waals surface area (Å²) in [4.78, 5) is 10.9. The van der Waals surface area contributed by atoms with Gasteiger partial charge in [0.2, 0.25) is 8.24 Å². The number of hydrazine groups is 1. The SMILES string of the molecule is C[Si](C)(C)N(c1ccccc1)[N+](=O)[O-]. The number of rotatable bonds is 3. The molecular formula is C9H14N2O2Si. The highest BCUT2D eigenvalue weighted by Gasteiger charge is 2.34. The lowest BCUT2D eigenvalue weighted by Gasteiger charge is -2.25. The second-order valence-corrected chi connectivity index (χ2v) is 8.82. The molecule has 4 nitrogen and oxygen atoms in total. The first-order chi connectivity index (χ1) is 6.43. The van der Waals surface area contributed by atoms with Crippen LogP contribution < -0.4 is 4.67 Å². The zero-order valence-electron chi connectivity index (χ0n) is 8.60. The van der Waals surface area contributed by atoms with Crippen LogP contribution in [0.3, 0.4) is 0 Å². The third-order valence-corrected chi connectivity index (χ3v) is 3.49. The summed E-state index contributed by atoms with van der Waals surface area (Å²) in [5.41, 5.74) is 0.664. The summed E-state index contributed by atoms with van der Waals surface area (Å²) in [6.45, 7) is 5.84. The van der Waals surface area contributed by atoms with Crippen molar-refractivity contribution in [3.63, 3.8) is 0 Å². The topological polar surface area (TPSA) is 46.4 Å². The molecule has 0 aliphatic carbocycles. The first-order valence-corrected chi connectivity index (χ1v) is 7.87. The molecule has 0 aliphatic rings. The van der Waals surface area contributed by atoms with Crippen LogP contribution in [0.15, 0.2) is 30.3 Å². The fourth-order valence-electron chi connectivity index (χ4n) is 1.30. The van der Waals surface area contributed by atoms with E-state index in [2.05, 4.69) is 0 Å². The Hall–Kier alpha value is -1.36. The molecule has 0 heterocycles. The van der Waals surface area contributed by atoms with Gasteiger partial charge >= 0.3 is 0 Å². The Labute approximate surface area is 84.4 Å². The van der Waals surface area contributed by atoms with Gasteiger partial charge in [0.05, 0.1) is 5.69 Å². The Morgan fingerprint density at radius 3 is 2.07 bits per heavy atom. The van der Waals surface area contributed by atoms with Gasteiger partial charge in [0.1, 0.15) is 0 Å². The minimum absolute atomic E-state index is 0.318. The molecule has 14 heavy (non-hydrogen) atoms. The van der Waals surface area contributed by atoms with Crippen molar-refractivity contribution in [2.75, 3.05) is 4.67 Å². The molecular weight excluding hydrogens is 196 g/mol. The van der Waals surface area contributed by atoms with Crippen molar-refractivity contribution < 1.29 is 5.03 Å². The number of benzene rings is 1. The minimum atomic E-state index is -1.96. The van der Waals surface area contributed by atoms with E-state index in [1.54, 1.807) is 12.1 Å². The number of nitrogens with zero attached hydrogens (tertiary/aromatic N) is 2. The molecule has 0 spiro atoms. The van der Waals surface area contributed by atoms with E-state index < -0.39 is 8.24 Å². The maximum Gasteiger partial charge on any atom is 0.235 e. The smallest absolute Gasteiger partial charge is 0.235 e. The van der Waals surface area contributed by atoms with Crippen molar-refractivity contribution in [2.45, 2.75) is 19.6 Å². The predicted octanol–water partition coefficient (Wildman–Crippen LogP) is 2.52. The van der Waals surface area contributed by atoms with Gasteiger partial charge < -0.3 is 0 Å². The molecule has 0 aliphatic heterocycles. The molecule has 0 atom stereocenters. The molecule has 0 amide bonds. The van der Waals surface area contributed by atoms with E-state index in [1.807, 2.05) is 37.8 Å². The Bertz CT molecular complexity index is 321. The molecule has 1 rings (SSSR count). The Morgan fingerprint density at radius 2 is 1.71 bits per heavy atom. The molecule has 0 unspecified atom stereocenters. The Kier molecular flexibility index (Phi) is 2.90. The number of hydrogen-bond acceptors (Lipinski definition) is 2. The number of hydrogen-bond donors (Lipinski definition) is 0. The van der Waals surface area contributed by atoms with Gasteiger partial charge in [-0.2, -0.15) is 0 Å².